The van der Waals surface area contributed by atoms with Crippen molar-refractivity contribution in [2.75, 3.05) is 18.0 Å². The minimum Gasteiger partial charge on any atom is -0.496 e. The minimum atomic E-state index is -4.01. The first-order valence-corrected chi connectivity index (χ1v) is 11.8. The number of rotatable bonds is 8. The second-order valence-electron chi connectivity index (χ2n) is 7.28. The maximum Gasteiger partial charge on any atom is 0.264 e. The van der Waals surface area contributed by atoms with Gasteiger partial charge >= 0.3 is 0 Å². The van der Waals surface area contributed by atoms with Gasteiger partial charge in [0.1, 0.15) is 12.3 Å². The third kappa shape index (κ3) is 5.23. The van der Waals surface area contributed by atoms with Crippen molar-refractivity contribution in [2.24, 2.45) is 0 Å². The van der Waals surface area contributed by atoms with E-state index in [0.717, 1.165) is 15.4 Å². The molecule has 1 atom stereocenters. The van der Waals surface area contributed by atoms with Gasteiger partial charge in [-0.15, -0.1) is 0 Å². The number of ether oxygens (including phenoxy) is 1. The molecule has 0 fully saturated rings. The number of methoxy groups -OCH3 is 1. The van der Waals surface area contributed by atoms with Crippen molar-refractivity contribution in [1.82, 2.24) is 5.32 Å². The number of para-hydroxylation sites is 2. The summed E-state index contributed by atoms with van der Waals surface area (Å²) in [5, 5.41) is 3.30. The molecule has 6 nitrogen and oxygen atoms in total. The Balaban J connectivity index is 1.92. The van der Waals surface area contributed by atoms with Gasteiger partial charge in [-0.25, -0.2) is 8.42 Å². The molecular weight excluding hydrogens is 448 g/mol. The first-order valence-electron chi connectivity index (χ1n) is 10.00. The van der Waals surface area contributed by atoms with Gasteiger partial charge in [-0.1, -0.05) is 48.0 Å². The number of anilines is 1. The predicted molar refractivity (Wildman–Crippen MR) is 127 cm³/mol. The van der Waals surface area contributed by atoms with Gasteiger partial charge in [-0.2, -0.15) is 0 Å². The summed E-state index contributed by atoms with van der Waals surface area (Å²) in [4.78, 5) is 13.0. The lowest BCUT2D eigenvalue weighted by molar-refractivity contribution is -0.120. The molecule has 8 heteroatoms. The maximum absolute atomic E-state index is 13.5. The highest BCUT2D eigenvalue weighted by Gasteiger charge is 2.28. The Kier molecular flexibility index (Phi) is 7.43. The topological polar surface area (TPSA) is 75.7 Å². The van der Waals surface area contributed by atoms with Crippen molar-refractivity contribution in [2.45, 2.75) is 24.8 Å². The van der Waals surface area contributed by atoms with Crippen LogP contribution in [-0.4, -0.2) is 28.0 Å². The molecule has 0 saturated heterocycles. The summed E-state index contributed by atoms with van der Waals surface area (Å²) in [5.41, 5.74) is 1.96. The highest BCUT2D eigenvalue weighted by molar-refractivity contribution is 7.92. The van der Waals surface area contributed by atoms with Gasteiger partial charge in [0.05, 0.1) is 23.7 Å². The number of hydrogen-bond donors (Lipinski definition) is 1. The Morgan fingerprint density at radius 2 is 1.66 bits per heavy atom. The van der Waals surface area contributed by atoms with Crippen molar-refractivity contribution in [1.29, 1.82) is 0 Å². The maximum atomic E-state index is 13.5. The number of hydrogen-bond acceptors (Lipinski definition) is 4. The van der Waals surface area contributed by atoms with Crippen LogP contribution in [0, 0.1) is 6.92 Å². The molecule has 1 N–H and O–H groups in total. The summed E-state index contributed by atoms with van der Waals surface area (Å²) in [5.74, 6) is 0.203. The number of nitrogens with zero attached hydrogens (tertiary/aromatic N) is 1. The van der Waals surface area contributed by atoms with Crippen LogP contribution in [0.4, 0.5) is 5.69 Å². The van der Waals surface area contributed by atoms with E-state index in [4.69, 9.17) is 16.3 Å². The summed E-state index contributed by atoms with van der Waals surface area (Å²) in [7, 11) is -2.45. The zero-order chi connectivity index (χ0) is 23.3. The lowest BCUT2D eigenvalue weighted by atomic mass is 10.1. The Morgan fingerprint density at radius 1 is 1.03 bits per heavy atom. The van der Waals surface area contributed by atoms with Crippen LogP contribution in [0.3, 0.4) is 0 Å². The molecule has 0 radical (unpaired) electrons. The first-order chi connectivity index (χ1) is 15.2. The molecule has 0 bridgehead atoms. The fraction of sp³-hybridized carbons (Fsp3) is 0.208. The van der Waals surface area contributed by atoms with Crippen molar-refractivity contribution in [3.63, 3.8) is 0 Å². The van der Waals surface area contributed by atoms with Crippen LogP contribution in [-0.2, 0) is 14.8 Å². The third-order valence-corrected chi connectivity index (χ3v) is 7.08. The Hall–Kier alpha value is -3.03. The average Bonchev–Trinajstić information content (AvgIpc) is 2.78. The second kappa shape index (κ2) is 10.1. The molecule has 3 aromatic carbocycles. The molecule has 0 saturated carbocycles. The fourth-order valence-corrected chi connectivity index (χ4v) is 5.01. The van der Waals surface area contributed by atoms with E-state index in [1.54, 1.807) is 32.2 Å². The van der Waals surface area contributed by atoms with Crippen LogP contribution >= 0.6 is 11.6 Å². The zero-order valence-corrected chi connectivity index (χ0v) is 19.7. The Morgan fingerprint density at radius 3 is 2.31 bits per heavy atom. The number of nitrogens with one attached hydrogen (secondary N) is 1. The van der Waals surface area contributed by atoms with Crippen molar-refractivity contribution >= 4 is 33.2 Å². The van der Waals surface area contributed by atoms with Gasteiger partial charge in [-0.3, -0.25) is 9.10 Å². The standard InChI is InChI=1S/C24H25ClN2O4S/c1-17-8-4-6-10-22(17)27(32(29,30)20-14-12-19(25)13-15-20)16-24(28)26-18(2)21-9-5-7-11-23(21)31-3/h4-15,18H,16H2,1-3H3,(H,26,28). The van der Waals surface area contributed by atoms with E-state index in [2.05, 4.69) is 5.32 Å². The quantitative estimate of drug-likeness (QED) is 0.514. The van der Waals surface area contributed by atoms with Crippen LogP contribution < -0.4 is 14.4 Å². The van der Waals surface area contributed by atoms with Gasteiger partial charge in [-0.05, 0) is 55.8 Å². The first kappa shape index (κ1) is 23.6. The van der Waals surface area contributed by atoms with Crippen LogP contribution in [0.2, 0.25) is 5.02 Å². The highest BCUT2D eigenvalue weighted by atomic mass is 35.5. The van der Waals surface area contributed by atoms with E-state index in [-0.39, 0.29) is 17.5 Å². The number of halogens is 1. The average molecular weight is 473 g/mol. The minimum absolute atomic E-state index is 0.0516. The monoisotopic (exact) mass is 472 g/mol. The van der Waals surface area contributed by atoms with E-state index in [0.29, 0.717) is 16.5 Å². The summed E-state index contributed by atoms with van der Waals surface area (Å²) in [6.45, 7) is 3.24. The molecule has 1 unspecified atom stereocenters. The van der Waals surface area contributed by atoms with Crippen LogP contribution in [0.15, 0.2) is 77.7 Å². The van der Waals surface area contributed by atoms with Crippen molar-refractivity contribution in [3.05, 3.63) is 88.9 Å². The number of carbonyl (C=O) groups excluding carboxylic acids is 1. The SMILES string of the molecule is COc1ccccc1C(C)NC(=O)CN(c1ccccc1C)S(=O)(=O)c1ccc(Cl)cc1. The van der Waals surface area contributed by atoms with Crippen molar-refractivity contribution < 1.29 is 17.9 Å². The predicted octanol–water partition coefficient (Wildman–Crippen LogP) is 4.73. The number of carbonyl (C=O) groups is 1. The molecule has 0 aliphatic carbocycles. The lowest BCUT2D eigenvalue weighted by Crippen LogP contribution is -2.42. The molecule has 3 rings (SSSR count). The molecule has 3 aromatic rings. The van der Waals surface area contributed by atoms with Gasteiger partial charge in [0, 0.05) is 10.6 Å². The summed E-state index contributed by atoms with van der Waals surface area (Å²) in [6.07, 6.45) is 0. The zero-order valence-electron chi connectivity index (χ0n) is 18.1. The second-order valence-corrected chi connectivity index (χ2v) is 9.58. The smallest absolute Gasteiger partial charge is 0.264 e. The van der Waals surface area contributed by atoms with E-state index >= 15 is 0 Å². The summed E-state index contributed by atoms with van der Waals surface area (Å²) >= 11 is 5.93. The lowest BCUT2D eigenvalue weighted by Gasteiger charge is -2.26. The van der Waals surface area contributed by atoms with E-state index in [1.807, 2.05) is 37.3 Å². The van der Waals surface area contributed by atoms with Gasteiger partial charge in [0.2, 0.25) is 5.91 Å². The molecule has 32 heavy (non-hydrogen) atoms. The number of benzene rings is 3. The Labute approximate surface area is 193 Å². The van der Waals surface area contributed by atoms with Crippen LogP contribution in [0.5, 0.6) is 5.75 Å². The van der Waals surface area contributed by atoms with Crippen molar-refractivity contribution in [3.8, 4) is 5.75 Å². The molecular formula is C24H25ClN2O4S. The molecule has 0 aliphatic rings. The van der Waals surface area contributed by atoms with E-state index < -0.39 is 15.9 Å². The molecule has 0 aromatic heterocycles. The molecule has 0 heterocycles. The number of sulfonamides is 1. The largest absolute Gasteiger partial charge is 0.496 e. The number of aryl methyl sites for hydroxylation is 1. The van der Waals surface area contributed by atoms with Gasteiger partial charge < -0.3 is 10.1 Å². The molecule has 0 aliphatic heterocycles. The summed E-state index contributed by atoms with van der Waals surface area (Å²) < 4.78 is 33.4. The highest BCUT2D eigenvalue weighted by Crippen LogP contribution is 2.28. The van der Waals surface area contributed by atoms with E-state index in [9.17, 15) is 13.2 Å². The normalized spacial score (nSPS) is 12.1. The van der Waals surface area contributed by atoms with Crippen LogP contribution in [0.25, 0.3) is 0 Å². The van der Waals surface area contributed by atoms with E-state index in [1.165, 1.54) is 24.3 Å². The van der Waals surface area contributed by atoms with Gasteiger partial charge in [0.25, 0.3) is 10.0 Å². The molecule has 168 valence electrons. The summed E-state index contributed by atoms with van der Waals surface area (Å²) in [6, 6.07) is 19.9. The fourth-order valence-electron chi connectivity index (χ4n) is 3.40. The van der Waals surface area contributed by atoms with Gasteiger partial charge in [0.15, 0.2) is 0 Å². The number of amides is 1. The molecule has 1 amide bonds. The van der Waals surface area contributed by atoms with Crippen LogP contribution in [0.1, 0.15) is 24.1 Å². The third-order valence-electron chi connectivity index (χ3n) is 5.06. The molecule has 0 spiro atoms. The Bertz CT molecular complexity index is 1200.